The van der Waals surface area contributed by atoms with E-state index in [1.807, 2.05) is 0 Å². The van der Waals surface area contributed by atoms with E-state index >= 15 is 0 Å². The van der Waals surface area contributed by atoms with Crippen LogP contribution in [0.1, 0.15) is 18.4 Å². The third kappa shape index (κ3) is 3.36. The van der Waals surface area contributed by atoms with Gasteiger partial charge in [-0.1, -0.05) is 22.0 Å². The molecule has 0 aromatic heterocycles. The van der Waals surface area contributed by atoms with Crippen molar-refractivity contribution in [1.29, 1.82) is 0 Å². The lowest BCUT2D eigenvalue weighted by Crippen LogP contribution is -2.26. The predicted molar refractivity (Wildman–Crippen MR) is 66.4 cm³/mol. The molecule has 1 atom stereocenters. The van der Waals surface area contributed by atoms with Gasteiger partial charge in [0.2, 0.25) is 0 Å². The van der Waals surface area contributed by atoms with Crippen LogP contribution in [0.5, 0.6) is 0 Å². The molecule has 1 unspecified atom stereocenters. The first-order valence-corrected chi connectivity index (χ1v) is 6.50. The predicted octanol–water partition coefficient (Wildman–Crippen LogP) is 3.13. The third-order valence-corrected chi connectivity index (χ3v) is 3.49. The number of hydrogen-bond donors (Lipinski definition) is 0. The number of rotatable bonds is 3. The molecular weight excluding hydrogens is 287 g/mol. The van der Waals surface area contributed by atoms with Crippen LogP contribution in [-0.2, 0) is 16.0 Å². The van der Waals surface area contributed by atoms with E-state index in [0.29, 0.717) is 16.6 Å². The zero-order valence-electron chi connectivity index (χ0n) is 9.42. The van der Waals surface area contributed by atoms with Crippen LogP contribution < -0.4 is 0 Å². The maximum Gasteiger partial charge on any atom is 0.142 e. The molecule has 1 aromatic carbocycles. The van der Waals surface area contributed by atoms with Crippen molar-refractivity contribution in [2.24, 2.45) is 5.92 Å². The Morgan fingerprint density at radius 3 is 3.00 bits per heavy atom. The minimum atomic E-state index is -0.329. The van der Waals surface area contributed by atoms with Gasteiger partial charge >= 0.3 is 0 Å². The Labute approximate surface area is 108 Å². The molecule has 0 radical (unpaired) electrons. The zero-order valence-corrected chi connectivity index (χ0v) is 11.0. The van der Waals surface area contributed by atoms with Crippen molar-refractivity contribution in [2.45, 2.75) is 19.3 Å². The van der Waals surface area contributed by atoms with E-state index in [4.69, 9.17) is 4.74 Å². The Hall–Kier alpha value is -0.740. The second kappa shape index (κ2) is 5.74. The summed E-state index contributed by atoms with van der Waals surface area (Å²) in [6.45, 7) is 1.22. The molecule has 0 N–H and O–H groups in total. The maximum atomic E-state index is 13.6. The average Bonchev–Trinajstić information content (AvgIpc) is 2.34. The lowest BCUT2D eigenvalue weighted by molar-refractivity contribution is -0.126. The lowest BCUT2D eigenvalue weighted by Gasteiger charge is -2.20. The largest absolute Gasteiger partial charge is 0.381 e. The standard InChI is InChI=1S/C13H14BrFO2/c14-11-4-3-9(12(15)7-11)6-13(16)10-2-1-5-17-8-10/h3-4,7,10H,1-2,5-6,8H2. The van der Waals surface area contributed by atoms with Crippen molar-refractivity contribution in [3.8, 4) is 0 Å². The van der Waals surface area contributed by atoms with Crippen LogP contribution in [0.15, 0.2) is 22.7 Å². The van der Waals surface area contributed by atoms with Crippen LogP contribution in [0.2, 0.25) is 0 Å². The minimum absolute atomic E-state index is 0.0632. The van der Waals surface area contributed by atoms with Gasteiger partial charge in [0, 0.05) is 23.4 Å². The SMILES string of the molecule is O=C(Cc1ccc(Br)cc1F)C1CCCOC1. The summed E-state index contributed by atoms with van der Waals surface area (Å²) in [7, 11) is 0. The molecule has 0 bridgehead atoms. The molecular formula is C13H14BrFO2. The minimum Gasteiger partial charge on any atom is -0.381 e. The zero-order chi connectivity index (χ0) is 12.3. The van der Waals surface area contributed by atoms with Gasteiger partial charge in [-0.3, -0.25) is 4.79 Å². The van der Waals surface area contributed by atoms with Crippen molar-refractivity contribution < 1.29 is 13.9 Å². The van der Waals surface area contributed by atoms with E-state index in [0.717, 1.165) is 19.4 Å². The molecule has 1 aliphatic heterocycles. The van der Waals surface area contributed by atoms with E-state index in [-0.39, 0.29) is 23.9 Å². The van der Waals surface area contributed by atoms with Gasteiger partial charge < -0.3 is 4.74 Å². The first-order chi connectivity index (χ1) is 8.16. The van der Waals surface area contributed by atoms with Gasteiger partial charge in [-0.05, 0) is 30.5 Å². The molecule has 0 saturated carbocycles. The average molecular weight is 301 g/mol. The number of ether oxygens (including phenoxy) is 1. The van der Waals surface area contributed by atoms with E-state index in [1.165, 1.54) is 6.07 Å². The maximum absolute atomic E-state index is 13.6. The highest BCUT2D eigenvalue weighted by molar-refractivity contribution is 9.10. The van der Waals surface area contributed by atoms with Crippen LogP contribution in [-0.4, -0.2) is 19.0 Å². The highest BCUT2D eigenvalue weighted by Crippen LogP contribution is 2.20. The van der Waals surface area contributed by atoms with Crippen LogP contribution in [0.25, 0.3) is 0 Å². The second-order valence-electron chi connectivity index (χ2n) is 4.29. The molecule has 0 aliphatic carbocycles. The normalized spacial score (nSPS) is 20.2. The van der Waals surface area contributed by atoms with E-state index in [2.05, 4.69) is 15.9 Å². The Bertz CT molecular complexity index is 414. The smallest absolute Gasteiger partial charge is 0.142 e. The third-order valence-electron chi connectivity index (χ3n) is 3.00. The Morgan fingerprint density at radius 2 is 2.35 bits per heavy atom. The fourth-order valence-electron chi connectivity index (χ4n) is 1.99. The van der Waals surface area contributed by atoms with Crippen LogP contribution in [0.3, 0.4) is 0 Å². The van der Waals surface area contributed by atoms with E-state index in [1.54, 1.807) is 12.1 Å². The molecule has 17 heavy (non-hydrogen) atoms. The topological polar surface area (TPSA) is 26.3 Å². The Balaban J connectivity index is 2.02. The summed E-state index contributed by atoms with van der Waals surface area (Å²) in [4.78, 5) is 11.9. The van der Waals surface area contributed by atoms with Crippen LogP contribution in [0.4, 0.5) is 4.39 Å². The van der Waals surface area contributed by atoms with Gasteiger partial charge in [0.1, 0.15) is 11.6 Å². The van der Waals surface area contributed by atoms with Crippen molar-refractivity contribution in [1.82, 2.24) is 0 Å². The van der Waals surface area contributed by atoms with Gasteiger partial charge in [0.25, 0.3) is 0 Å². The van der Waals surface area contributed by atoms with Crippen LogP contribution >= 0.6 is 15.9 Å². The molecule has 1 aromatic rings. The van der Waals surface area contributed by atoms with Gasteiger partial charge in [-0.15, -0.1) is 0 Å². The molecule has 1 aliphatic rings. The molecule has 1 fully saturated rings. The number of carbonyl (C=O) groups is 1. The summed E-state index contributed by atoms with van der Waals surface area (Å²) in [5.41, 5.74) is 0.462. The number of Topliss-reactive ketones (excluding diaryl/α,β-unsaturated/α-hetero) is 1. The van der Waals surface area contributed by atoms with Crippen molar-refractivity contribution in [3.05, 3.63) is 34.1 Å². The van der Waals surface area contributed by atoms with Crippen molar-refractivity contribution in [2.75, 3.05) is 13.2 Å². The van der Waals surface area contributed by atoms with Crippen molar-refractivity contribution >= 4 is 21.7 Å². The highest BCUT2D eigenvalue weighted by atomic mass is 79.9. The second-order valence-corrected chi connectivity index (χ2v) is 5.21. The Kier molecular flexibility index (Phi) is 4.29. The highest BCUT2D eigenvalue weighted by Gasteiger charge is 2.22. The summed E-state index contributed by atoms with van der Waals surface area (Å²) in [6.07, 6.45) is 1.93. The van der Waals surface area contributed by atoms with Gasteiger partial charge in [-0.2, -0.15) is 0 Å². The monoisotopic (exact) mass is 300 g/mol. The lowest BCUT2D eigenvalue weighted by atomic mass is 9.93. The van der Waals surface area contributed by atoms with Crippen molar-refractivity contribution in [3.63, 3.8) is 0 Å². The number of halogens is 2. The Morgan fingerprint density at radius 1 is 1.53 bits per heavy atom. The number of benzene rings is 1. The van der Waals surface area contributed by atoms with Crippen LogP contribution in [0, 0.1) is 11.7 Å². The van der Waals surface area contributed by atoms with Gasteiger partial charge in [0.15, 0.2) is 0 Å². The van der Waals surface area contributed by atoms with E-state index in [9.17, 15) is 9.18 Å². The first kappa shape index (κ1) is 12.7. The number of hydrogen-bond acceptors (Lipinski definition) is 2. The molecule has 2 rings (SSSR count). The fraction of sp³-hybridized carbons (Fsp3) is 0.462. The van der Waals surface area contributed by atoms with Gasteiger partial charge in [-0.25, -0.2) is 4.39 Å². The summed E-state index contributed by atoms with van der Waals surface area (Å²) in [5.74, 6) is -0.317. The quantitative estimate of drug-likeness (QED) is 0.857. The molecule has 2 nitrogen and oxygen atoms in total. The molecule has 1 saturated heterocycles. The summed E-state index contributed by atoms with van der Waals surface area (Å²) >= 11 is 3.19. The summed E-state index contributed by atoms with van der Waals surface area (Å²) in [5, 5.41) is 0. The first-order valence-electron chi connectivity index (χ1n) is 5.71. The molecule has 4 heteroatoms. The fourth-order valence-corrected chi connectivity index (χ4v) is 2.32. The van der Waals surface area contributed by atoms with Gasteiger partial charge in [0.05, 0.1) is 6.61 Å². The molecule has 1 heterocycles. The molecule has 92 valence electrons. The molecule has 0 spiro atoms. The summed E-state index contributed by atoms with van der Waals surface area (Å²) < 4.78 is 19.5. The summed E-state index contributed by atoms with van der Waals surface area (Å²) in [6, 6.07) is 4.80. The number of carbonyl (C=O) groups excluding carboxylic acids is 1. The molecule has 0 amide bonds. The van der Waals surface area contributed by atoms with E-state index < -0.39 is 0 Å². The number of ketones is 1.